The van der Waals surface area contributed by atoms with Crippen molar-refractivity contribution >= 4 is 23.3 Å². The molecule has 1 aromatic carbocycles. The summed E-state index contributed by atoms with van der Waals surface area (Å²) in [6.45, 7) is 7.17. The van der Waals surface area contributed by atoms with E-state index >= 15 is 0 Å². The van der Waals surface area contributed by atoms with Gasteiger partial charge in [0.25, 0.3) is 0 Å². The van der Waals surface area contributed by atoms with Gasteiger partial charge in [0.2, 0.25) is 5.91 Å². The van der Waals surface area contributed by atoms with Crippen molar-refractivity contribution in [3.05, 3.63) is 18.2 Å². The number of nitrogens with one attached hydrogen (secondary N) is 1. The molecule has 166 valence electrons. The van der Waals surface area contributed by atoms with Crippen molar-refractivity contribution in [1.82, 2.24) is 9.80 Å². The van der Waals surface area contributed by atoms with Gasteiger partial charge in [-0.1, -0.05) is 6.92 Å². The molecule has 2 heterocycles. The molecule has 0 spiro atoms. The molecular weight excluding hydrogens is 384 g/mol. The molecule has 8 heteroatoms. The summed E-state index contributed by atoms with van der Waals surface area (Å²) in [5.41, 5.74) is 1.35. The van der Waals surface area contributed by atoms with Crippen molar-refractivity contribution in [3.63, 3.8) is 0 Å². The third kappa shape index (κ3) is 5.23. The number of hydrogen-bond donors (Lipinski definition) is 2. The van der Waals surface area contributed by atoms with E-state index < -0.39 is 0 Å². The van der Waals surface area contributed by atoms with Crippen molar-refractivity contribution in [2.24, 2.45) is 0 Å². The number of amides is 3. The summed E-state index contributed by atoms with van der Waals surface area (Å²) in [7, 11) is 1.59. The maximum absolute atomic E-state index is 12.9. The van der Waals surface area contributed by atoms with Crippen molar-refractivity contribution in [3.8, 4) is 5.75 Å². The molecule has 0 saturated carbocycles. The van der Waals surface area contributed by atoms with Crippen LogP contribution in [0.5, 0.6) is 5.75 Å². The highest BCUT2D eigenvalue weighted by Gasteiger charge is 2.29. The van der Waals surface area contributed by atoms with Crippen LogP contribution in [0.15, 0.2) is 18.2 Å². The molecule has 30 heavy (non-hydrogen) atoms. The van der Waals surface area contributed by atoms with Crippen molar-refractivity contribution in [2.45, 2.75) is 51.7 Å². The standard InChI is InChI=1S/C22H34N4O4/c1-4-18-15-25(12-11-24(18)14-16(2)27)22(29)23-17-8-9-20(30-3)19(13-17)26-10-6-5-7-21(26)28/h8-9,13,16,18,27H,4-7,10-12,14-15H2,1-3H3,(H,23,29)/t16-,18+/m0/s1. The summed E-state index contributed by atoms with van der Waals surface area (Å²) in [5.74, 6) is 0.712. The van der Waals surface area contributed by atoms with Crippen LogP contribution in [-0.2, 0) is 4.79 Å². The Labute approximate surface area is 178 Å². The lowest BCUT2D eigenvalue weighted by molar-refractivity contribution is -0.119. The maximum Gasteiger partial charge on any atom is 0.321 e. The topological polar surface area (TPSA) is 85.4 Å². The number of aliphatic hydroxyl groups excluding tert-OH is 1. The molecule has 0 aromatic heterocycles. The molecule has 3 amide bonds. The number of urea groups is 1. The molecule has 8 nitrogen and oxygen atoms in total. The first-order valence-corrected chi connectivity index (χ1v) is 10.9. The van der Waals surface area contributed by atoms with Gasteiger partial charge >= 0.3 is 6.03 Å². The first-order chi connectivity index (χ1) is 14.4. The molecule has 0 unspecified atom stereocenters. The number of piperidine rings is 1. The molecule has 2 aliphatic heterocycles. The molecular formula is C22H34N4O4. The first kappa shape index (κ1) is 22.4. The minimum absolute atomic E-state index is 0.0862. The zero-order valence-electron chi connectivity index (χ0n) is 18.3. The summed E-state index contributed by atoms with van der Waals surface area (Å²) in [4.78, 5) is 31.1. The van der Waals surface area contributed by atoms with Gasteiger partial charge in [0.05, 0.1) is 18.9 Å². The maximum atomic E-state index is 12.9. The van der Waals surface area contributed by atoms with E-state index in [1.807, 2.05) is 11.0 Å². The third-order valence-electron chi connectivity index (χ3n) is 5.91. The highest BCUT2D eigenvalue weighted by Crippen LogP contribution is 2.33. The number of hydrogen-bond acceptors (Lipinski definition) is 5. The molecule has 2 atom stereocenters. The molecule has 2 saturated heterocycles. The Bertz CT molecular complexity index is 755. The summed E-state index contributed by atoms with van der Waals surface area (Å²) in [6.07, 6.45) is 2.94. The number of rotatable bonds is 6. The lowest BCUT2D eigenvalue weighted by Crippen LogP contribution is -2.56. The van der Waals surface area contributed by atoms with Gasteiger partial charge in [0.15, 0.2) is 0 Å². The van der Waals surface area contributed by atoms with E-state index in [1.165, 1.54) is 0 Å². The van der Waals surface area contributed by atoms with E-state index in [1.54, 1.807) is 31.1 Å². The largest absolute Gasteiger partial charge is 0.495 e. The van der Waals surface area contributed by atoms with Crippen molar-refractivity contribution in [2.75, 3.05) is 50.1 Å². The van der Waals surface area contributed by atoms with Crippen LogP contribution in [0.4, 0.5) is 16.2 Å². The van der Waals surface area contributed by atoms with Crippen LogP contribution in [0.1, 0.15) is 39.5 Å². The van der Waals surface area contributed by atoms with E-state index in [9.17, 15) is 14.7 Å². The molecule has 3 rings (SSSR count). The Morgan fingerprint density at radius 2 is 2.10 bits per heavy atom. The summed E-state index contributed by atoms with van der Waals surface area (Å²) < 4.78 is 5.45. The van der Waals surface area contributed by atoms with E-state index in [-0.39, 0.29) is 24.1 Å². The average molecular weight is 419 g/mol. The monoisotopic (exact) mass is 418 g/mol. The Kier molecular flexibility index (Phi) is 7.55. The Morgan fingerprint density at radius 1 is 1.30 bits per heavy atom. The normalized spacial score (nSPS) is 21.5. The van der Waals surface area contributed by atoms with E-state index in [4.69, 9.17) is 4.74 Å². The zero-order chi connectivity index (χ0) is 21.7. The van der Waals surface area contributed by atoms with E-state index in [0.29, 0.717) is 49.7 Å². The number of β-amino-alcohol motifs (C(OH)–C–C–N with tert-alkyl or cyclic N) is 1. The minimum atomic E-state index is -0.380. The van der Waals surface area contributed by atoms with Gasteiger partial charge in [0.1, 0.15) is 5.75 Å². The van der Waals surface area contributed by atoms with Crippen LogP contribution in [0.25, 0.3) is 0 Å². The second-order valence-electron chi connectivity index (χ2n) is 8.17. The van der Waals surface area contributed by atoms with Crippen LogP contribution in [0.3, 0.4) is 0 Å². The van der Waals surface area contributed by atoms with Gasteiger partial charge in [-0.15, -0.1) is 0 Å². The number of anilines is 2. The van der Waals surface area contributed by atoms with Gasteiger partial charge in [-0.05, 0) is 44.4 Å². The van der Waals surface area contributed by atoms with Gasteiger partial charge in [-0.25, -0.2) is 4.79 Å². The Hall–Kier alpha value is -2.32. The van der Waals surface area contributed by atoms with Crippen LogP contribution in [0, 0.1) is 0 Å². The minimum Gasteiger partial charge on any atom is -0.495 e. The Morgan fingerprint density at radius 3 is 2.77 bits per heavy atom. The molecule has 0 bridgehead atoms. The first-order valence-electron chi connectivity index (χ1n) is 10.9. The highest BCUT2D eigenvalue weighted by atomic mass is 16.5. The number of aliphatic hydroxyl groups is 1. The number of carbonyl (C=O) groups excluding carboxylic acids is 2. The number of ether oxygens (including phenoxy) is 1. The second kappa shape index (κ2) is 10.1. The summed E-state index contributed by atoms with van der Waals surface area (Å²) in [6, 6.07) is 5.50. The van der Waals surface area contributed by atoms with Crippen LogP contribution in [-0.4, -0.2) is 78.8 Å². The number of carbonyl (C=O) groups is 2. The van der Waals surface area contributed by atoms with Crippen molar-refractivity contribution < 1.29 is 19.4 Å². The second-order valence-corrected chi connectivity index (χ2v) is 8.17. The number of piperazine rings is 1. The Balaban J connectivity index is 1.69. The van der Waals surface area contributed by atoms with Crippen LogP contribution in [0.2, 0.25) is 0 Å². The number of benzene rings is 1. The SMILES string of the molecule is CC[C@@H]1CN(C(=O)Nc2ccc(OC)c(N3CCCCC3=O)c2)CCN1C[C@H](C)O. The molecule has 0 aliphatic carbocycles. The van der Waals surface area contributed by atoms with E-state index in [2.05, 4.69) is 17.1 Å². The average Bonchev–Trinajstić information content (AvgIpc) is 2.74. The highest BCUT2D eigenvalue weighted by molar-refractivity contribution is 5.97. The quantitative estimate of drug-likeness (QED) is 0.742. The number of methoxy groups -OCH3 is 1. The number of nitrogens with zero attached hydrogens (tertiary/aromatic N) is 3. The van der Waals surface area contributed by atoms with Gasteiger partial charge in [-0.2, -0.15) is 0 Å². The van der Waals surface area contributed by atoms with Crippen LogP contribution < -0.4 is 15.0 Å². The zero-order valence-corrected chi connectivity index (χ0v) is 18.3. The molecule has 2 aliphatic rings. The fourth-order valence-corrected chi connectivity index (χ4v) is 4.29. The molecule has 0 radical (unpaired) electrons. The third-order valence-corrected chi connectivity index (χ3v) is 5.91. The lowest BCUT2D eigenvalue weighted by Gasteiger charge is -2.41. The predicted molar refractivity (Wildman–Crippen MR) is 117 cm³/mol. The lowest BCUT2D eigenvalue weighted by atomic mass is 10.1. The molecule has 2 N–H and O–H groups in total. The van der Waals surface area contributed by atoms with Gasteiger partial charge in [-0.3, -0.25) is 9.69 Å². The smallest absolute Gasteiger partial charge is 0.321 e. The predicted octanol–water partition coefficient (Wildman–Crippen LogP) is 2.52. The molecule has 1 aromatic rings. The van der Waals surface area contributed by atoms with Gasteiger partial charge in [0, 0.05) is 50.9 Å². The molecule has 2 fully saturated rings. The fraction of sp³-hybridized carbons (Fsp3) is 0.636. The van der Waals surface area contributed by atoms with E-state index in [0.717, 1.165) is 25.8 Å². The fourth-order valence-electron chi connectivity index (χ4n) is 4.29. The van der Waals surface area contributed by atoms with Crippen molar-refractivity contribution in [1.29, 1.82) is 0 Å². The summed E-state index contributed by atoms with van der Waals surface area (Å²) >= 11 is 0. The van der Waals surface area contributed by atoms with Gasteiger partial charge < -0.3 is 25.0 Å². The van der Waals surface area contributed by atoms with Crippen LogP contribution >= 0.6 is 0 Å². The summed E-state index contributed by atoms with van der Waals surface area (Å²) in [5, 5.41) is 12.7.